The average molecular weight is 402 g/mol. The fourth-order valence-electron chi connectivity index (χ4n) is 3.52. The second kappa shape index (κ2) is 9.76. The van der Waals surface area contributed by atoms with Crippen molar-refractivity contribution in [2.75, 3.05) is 26.7 Å². The Morgan fingerprint density at radius 3 is 2.66 bits per heavy atom. The quantitative estimate of drug-likeness (QED) is 0.321. The van der Waals surface area contributed by atoms with Crippen molar-refractivity contribution in [2.24, 2.45) is 21.3 Å². The van der Waals surface area contributed by atoms with Crippen LogP contribution in [-0.2, 0) is 4.79 Å². The molecule has 1 unspecified atom stereocenters. The lowest BCUT2D eigenvalue weighted by molar-refractivity contribution is -0.140. The molecule has 0 spiro atoms. The number of allylic oxidation sites excluding steroid dienone is 3. The van der Waals surface area contributed by atoms with E-state index in [0.717, 1.165) is 31.6 Å². The first-order valence-corrected chi connectivity index (χ1v) is 10.3. The summed E-state index contributed by atoms with van der Waals surface area (Å²) in [7, 11) is 1.74. The van der Waals surface area contributed by atoms with E-state index < -0.39 is 0 Å². The van der Waals surface area contributed by atoms with E-state index in [-0.39, 0.29) is 23.2 Å². The Labute approximate surface area is 174 Å². The Hall–Kier alpha value is -2.57. The van der Waals surface area contributed by atoms with Gasteiger partial charge >= 0.3 is 0 Å². The molecule has 2 N–H and O–H groups in total. The Balaban J connectivity index is 1.98. The number of likely N-dealkylation sites (tertiary alicyclic amines) is 1. The summed E-state index contributed by atoms with van der Waals surface area (Å²) in [4.78, 5) is 25.1. The minimum absolute atomic E-state index is 0.0580. The van der Waals surface area contributed by atoms with Crippen molar-refractivity contribution in [1.82, 2.24) is 15.1 Å². The van der Waals surface area contributed by atoms with Crippen LogP contribution in [-0.4, -0.2) is 65.7 Å². The molecule has 2 rings (SSSR count). The molecule has 0 radical (unpaired) electrons. The summed E-state index contributed by atoms with van der Waals surface area (Å²) in [6.45, 7) is 13.6. The first-order valence-electron chi connectivity index (χ1n) is 10.3. The van der Waals surface area contributed by atoms with Crippen molar-refractivity contribution in [3.8, 4) is 0 Å². The number of aliphatic hydroxyl groups is 1. The Kier molecular flexibility index (Phi) is 7.65. The number of carbonyl (C=O) groups is 1. The van der Waals surface area contributed by atoms with E-state index in [9.17, 15) is 9.90 Å². The molecule has 1 saturated heterocycles. The van der Waals surface area contributed by atoms with Crippen LogP contribution in [0.4, 0.5) is 0 Å². The number of hydrogen-bond acceptors (Lipinski definition) is 4. The van der Waals surface area contributed by atoms with E-state index in [1.165, 1.54) is 12.2 Å². The van der Waals surface area contributed by atoms with Gasteiger partial charge in [0.1, 0.15) is 0 Å². The van der Waals surface area contributed by atoms with Crippen LogP contribution in [0.15, 0.2) is 46.4 Å². The summed E-state index contributed by atoms with van der Waals surface area (Å²) < 4.78 is 0. The number of nitrogens with zero attached hydrogens (tertiary/aromatic N) is 4. The van der Waals surface area contributed by atoms with Crippen LogP contribution in [0.5, 0.6) is 0 Å². The first-order chi connectivity index (χ1) is 13.7. The normalized spacial score (nSPS) is 21.2. The average Bonchev–Trinajstić information content (AvgIpc) is 3.14. The van der Waals surface area contributed by atoms with Gasteiger partial charge in [-0.3, -0.25) is 19.7 Å². The molecule has 1 amide bonds. The molecule has 0 bridgehead atoms. The highest BCUT2D eigenvalue weighted by Crippen LogP contribution is 2.28. The van der Waals surface area contributed by atoms with Crippen LogP contribution in [0.25, 0.3) is 0 Å². The molecule has 1 fully saturated rings. The lowest BCUT2D eigenvalue weighted by Crippen LogP contribution is -2.45. The Morgan fingerprint density at radius 2 is 2.10 bits per heavy atom. The monoisotopic (exact) mass is 401 g/mol. The molecule has 2 aliphatic heterocycles. The van der Waals surface area contributed by atoms with Gasteiger partial charge in [-0.05, 0) is 37.8 Å². The maximum atomic E-state index is 12.5. The summed E-state index contributed by atoms with van der Waals surface area (Å²) >= 11 is 0. The van der Waals surface area contributed by atoms with E-state index in [0.29, 0.717) is 18.4 Å². The van der Waals surface area contributed by atoms with E-state index in [2.05, 4.69) is 28.0 Å². The van der Waals surface area contributed by atoms with Crippen LogP contribution < -0.4 is 5.32 Å². The van der Waals surface area contributed by atoms with Gasteiger partial charge in [0.15, 0.2) is 5.88 Å². The number of aliphatic hydroxyl groups excluding tert-OH is 1. The van der Waals surface area contributed by atoms with Crippen molar-refractivity contribution in [3.63, 3.8) is 0 Å². The van der Waals surface area contributed by atoms with E-state index >= 15 is 0 Å². The van der Waals surface area contributed by atoms with E-state index in [4.69, 9.17) is 0 Å². The third-order valence-electron chi connectivity index (χ3n) is 5.18. The van der Waals surface area contributed by atoms with Crippen LogP contribution in [0.1, 0.15) is 40.5 Å². The van der Waals surface area contributed by atoms with Gasteiger partial charge in [0, 0.05) is 38.3 Å². The van der Waals surface area contributed by atoms with Crippen LogP contribution >= 0.6 is 0 Å². The molecule has 29 heavy (non-hydrogen) atoms. The zero-order valence-corrected chi connectivity index (χ0v) is 18.4. The molecule has 7 heteroatoms. The van der Waals surface area contributed by atoms with Gasteiger partial charge in [-0.15, -0.1) is 0 Å². The molecule has 7 nitrogen and oxygen atoms in total. The predicted molar refractivity (Wildman–Crippen MR) is 119 cm³/mol. The number of nitrogens with one attached hydrogen (secondary N) is 1. The van der Waals surface area contributed by atoms with Gasteiger partial charge in [0.25, 0.3) is 0 Å². The van der Waals surface area contributed by atoms with Crippen molar-refractivity contribution in [3.05, 3.63) is 36.4 Å². The van der Waals surface area contributed by atoms with Gasteiger partial charge in [0.2, 0.25) is 11.9 Å². The van der Waals surface area contributed by atoms with E-state index in [1.54, 1.807) is 11.9 Å². The largest absolute Gasteiger partial charge is 0.494 e. The van der Waals surface area contributed by atoms with Gasteiger partial charge < -0.3 is 15.3 Å². The van der Waals surface area contributed by atoms with Gasteiger partial charge in [0.05, 0.1) is 11.7 Å². The summed E-state index contributed by atoms with van der Waals surface area (Å²) in [5.74, 6) is 1.25. The smallest absolute Gasteiger partial charge is 0.227 e. The minimum atomic E-state index is -0.331. The molecular weight excluding hydrogens is 366 g/mol. The standard InChI is InChI=1S/C22H35N5O2/c1-7-9-19(28)26(6)21(23-8-2)25-17-14-18(24-15-17)16-10-12-27(13-11-16)20(29)22(3,4)5/h7,9,14-16,18,28H,1,8,10-13H2,2-6H3,(H,23,25)/b19-9-. The molecule has 0 aromatic carbocycles. The minimum Gasteiger partial charge on any atom is -0.494 e. The van der Waals surface area contributed by atoms with Gasteiger partial charge in [-0.1, -0.05) is 33.4 Å². The number of piperidine rings is 1. The second-order valence-electron chi connectivity index (χ2n) is 8.51. The van der Waals surface area contributed by atoms with Crippen LogP contribution in [0.3, 0.4) is 0 Å². The molecule has 0 saturated carbocycles. The number of hydrogen-bond donors (Lipinski definition) is 2. The Bertz CT molecular complexity index is 722. The molecule has 0 aliphatic carbocycles. The molecule has 1 atom stereocenters. The van der Waals surface area contributed by atoms with Gasteiger partial charge in [-0.2, -0.15) is 0 Å². The van der Waals surface area contributed by atoms with Gasteiger partial charge in [-0.25, -0.2) is 0 Å². The zero-order chi connectivity index (χ0) is 21.6. The molecule has 2 heterocycles. The van der Waals surface area contributed by atoms with Crippen molar-refractivity contribution < 1.29 is 9.90 Å². The summed E-state index contributed by atoms with van der Waals surface area (Å²) in [5.41, 5.74) is 0.538. The molecular formula is C22H35N5O2. The lowest BCUT2D eigenvalue weighted by atomic mass is 9.87. The van der Waals surface area contributed by atoms with Crippen molar-refractivity contribution in [2.45, 2.75) is 46.6 Å². The topological polar surface area (TPSA) is 80.5 Å². The number of carbonyl (C=O) groups excluding carboxylic acids is 1. The fraction of sp³-hybridized carbons (Fsp3) is 0.591. The highest BCUT2D eigenvalue weighted by Gasteiger charge is 2.33. The summed E-state index contributed by atoms with van der Waals surface area (Å²) in [6, 6.07) is 0.106. The maximum Gasteiger partial charge on any atom is 0.227 e. The number of amides is 1. The number of rotatable bonds is 5. The second-order valence-corrected chi connectivity index (χ2v) is 8.51. The fourth-order valence-corrected chi connectivity index (χ4v) is 3.52. The zero-order valence-electron chi connectivity index (χ0n) is 18.4. The van der Waals surface area contributed by atoms with E-state index in [1.807, 2.05) is 38.8 Å². The molecule has 160 valence electrons. The molecule has 0 aromatic rings. The molecule has 2 aliphatic rings. The predicted octanol–water partition coefficient (Wildman–Crippen LogP) is 3.09. The summed E-state index contributed by atoms with van der Waals surface area (Å²) in [6.07, 6.45) is 8.88. The van der Waals surface area contributed by atoms with Crippen LogP contribution in [0.2, 0.25) is 0 Å². The number of guanidine groups is 1. The maximum absolute atomic E-state index is 12.5. The van der Waals surface area contributed by atoms with Crippen molar-refractivity contribution in [1.29, 1.82) is 0 Å². The SMILES string of the molecule is C=C/C=C(\O)N(C)C(=NCC)NC1=CC(C2CCN(C(=O)C(C)(C)C)CC2)N=C1. The first kappa shape index (κ1) is 22.7. The summed E-state index contributed by atoms with van der Waals surface area (Å²) in [5, 5.41) is 13.3. The number of aliphatic imine (C=N–C) groups is 2. The lowest BCUT2D eigenvalue weighted by Gasteiger charge is -2.36. The van der Waals surface area contributed by atoms with Crippen LogP contribution in [0, 0.1) is 11.3 Å². The van der Waals surface area contributed by atoms with Crippen molar-refractivity contribution >= 4 is 18.1 Å². The highest BCUT2D eigenvalue weighted by atomic mass is 16.3. The molecule has 0 aromatic heterocycles. The third kappa shape index (κ3) is 5.95. The Morgan fingerprint density at radius 1 is 1.45 bits per heavy atom. The highest BCUT2D eigenvalue weighted by molar-refractivity contribution is 5.91. The third-order valence-corrected chi connectivity index (χ3v) is 5.18.